The molecule has 2 aromatic heterocycles. The van der Waals surface area contributed by atoms with E-state index in [0.717, 1.165) is 4.88 Å². The summed E-state index contributed by atoms with van der Waals surface area (Å²) in [7, 11) is 0. The predicted molar refractivity (Wildman–Crippen MR) is 61.5 cm³/mol. The molecule has 0 saturated heterocycles. The van der Waals surface area contributed by atoms with Gasteiger partial charge >= 0.3 is 0 Å². The van der Waals surface area contributed by atoms with Crippen LogP contribution in [-0.4, -0.2) is 21.7 Å². The first-order valence-corrected chi connectivity index (χ1v) is 5.50. The zero-order chi connectivity index (χ0) is 11.4. The van der Waals surface area contributed by atoms with Crippen LogP contribution in [0, 0.1) is 0 Å². The molecule has 0 bridgehead atoms. The van der Waals surface area contributed by atoms with Crippen molar-refractivity contribution in [3.63, 3.8) is 0 Å². The number of halogens is 1. The van der Waals surface area contributed by atoms with Crippen molar-refractivity contribution in [1.29, 1.82) is 0 Å². The summed E-state index contributed by atoms with van der Waals surface area (Å²) in [6.07, 6.45) is 4.61. The van der Waals surface area contributed by atoms with Gasteiger partial charge in [-0.3, -0.25) is 0 Å². The Labute approximate surface area is 95.9 Å². The zero-order valence-electron chi connectivity index (χ0n) is 8.30. The summed E-state index contributed by atoms with van der Waals surface area (Å²) in [6, 6.07) is 3.53. The van der Waals surface area contributed by atoms with Gasteiger partial charge in [0.05, 0.1) is 11.5 Å². The Kier molecular flexibility index (Phi) is 3.38. The first-order chi connectivity index (χ1) is 7.79. The Morgan fingerprint density at radius 3 is 2.88 bits per heavy atom. The van der Waals surface area contributed by atoms with E-state index in [1.165, 1.54) is 17.4 Å². The lowest BCUT2D eigenvalue weighted by Gasteiger charge is -1.92. The van der Waals surface area contributed by atoms with Crippen LogP contribution in [0.25, 0.3) is 16.8 Å². The van der Waals surface area contributed by atoms with Gasteiger partial charge < -0.3 is 5.11 Å². The summed E-state index contributed by atoms with van der Waals surface area (Å²) in [6.45, 7) is -0.576. The third kappa shape index (κ3) is 2.50. The summed E-state index contributed by atoms with van der Waals surface area (Å²) in [5.41, 5.74) is 0.707. The Morgan fingerprint density at radius 1 is 1.44 bits per heavy atom. The SMILES string of the molecule is OCC(F)=Cc1csc(-c2ncccn2)c1. The number of hydrogen-bond acceptors (Lipinski definition) is 4. The van der Waals surface area contributed by atoms with Crippen molar-refractivity contribution in [3.05, 3.63) is 41.3 Å². The van der Waals surface area contributed by atoms with E-state index in [4.69, 9.17) is 5.11 Å². The molecule has 0 unspecified atom stereocenters. The molecule has 2 aromatic rings. The fraction of sp³-hybridized carbons (Fsp3) is 0.0909. The molecule has 2 heterocycles. The Morgan fingerprint density at radius 2 is 2.19 bits per heavy atom. The predicted octanol–water partition coefficient (Wildman–Crippen LogP) is 2.51. The molecule has 0 spiro atoms. The van der Waals surface area contributed by atoms with Crippen LogP contribution in [0.1, 0.15) is 5.56 Å². The second-order valence-electron chi connectivity index (χ2n) is 3.07. The van der Waals surface area contributed by atoms with Gasteiger partial charge in [0.2, 0.25) is 0 Å². The van der Waals surface area contributed by atoms with Gasteiger partial charge in [0.25, 0.3) is 0 Å². The summed E-state index contributed by atoms with van der Waals surface area (Å²) >= 11 is 1.44. The van der Waals surface area contributed by atoms with Crippen LogP contribution in [-0.2, 0) is 0 Å². The van der Waals surface area contributed by atoms with Gasteiger partial charge in [-0.25, -0.2) is 14.4 Å². The molecule has 2 rings (SSSR count). The van der Waals surface area contributed by atoms with E-state index in [-0.39, 0.29) is 0 Å². The highest BCUT2D eigenvalue weighted by atomic mass is 32.1. The van der Waals surface area contributed by atoms with Crippen LogP contribution < -0.4 is 0 Å². The monoisotopic (exact) mass is 236 g/mol. The fourth-order valence-corrected chi connectivity index (χ4v) is 2.01. The van der Waals surface area contributed by atoms with Crippen molar-refractivity contribution < 1.29 is 9.50 Å². The van der Waals surface area contributed by atoms with Gasteiger partial charge in [0, 0.05) is 12.4 Å². The smallest absolute Gasteiger partial charge is 0.169 e. The van der Waals surface area contributed by atoms with E-state index in [0.29, 0.717) is 11.4 Å². The molecule has 0 aliphatic carbocycles. The summed E-state index contributed by atoms with van der Waals surface area (Å²) in [4.78, 5) is 9.07. The van der Waals surface area contributed by atoms with E-state index in [9.17, 15) is 4.39 Å². The first-order valence-electron chi connectivity index (χ1n) is 4.62. The Balaban J connectivity index is 2.27. The molecule has 16 heavy (non-hydrogen) atoms. The second-order valence-corrected chi connectivity index (χ2v) is 3.98. The third-order valence-corrected chi connectivity index (χ3v) is 2.82. The van der Waals surface area contributed by atoms with Gasteiger partial charge in [-0.05, 0) is 29.2 Å². The topological polar surface area (TPSA) is 46.0 Å². The molecular formula is C11H9FN2OS. The molecule has 0 fully saturated rings. The van der Waals surface area contributed by atoms with Crippen LogP contribution in [0.3, 0.4) is 0 Å². The Hall–Kier alpha value is -1.59. The van der Waals surface area contributed by atoms with Gasteiger partial charge in [0.1, 0.15) is 5.83 Å². The molecule has 0 radical (unpaired) electrons. The minimum absolute atomic E-state index is 0.557. The third-order valence-electron chi connectivity index (χ3n) is 1.88. The normalized spacial score (nSPS) is 11.8. The molecule has 1 N–H and O–H groups in total. The summed E-state index contributed by atoms with van der Waals surface area (Å²) in [5.74, 6) is 0.0647. The number of hydrogen-bond donors (Lipinski definition) is 1. The van der Waals surface area contributed by atoms with Crippen LogP contribution in [0.2, 0.25) is 0 Å². The van der Waals surface area contributed by atoms with Crippen molar-refractivity contribution in [2.75, 3.05) is 6.61 Å². The number of aliphatic hydroxyl groups excluding tert-OH is 1. The number of thiophene rings is 1. The lowest BCUT2D eigenvalue weighted by atomic mass is 10.2. The van der Waals surface area contributed by atoms with E-state index in [1.807, 2.05) is 0 Å². The van der Waals surface area contributed by atoms with Crippen molar-refractivity contribution >= 4 is 17.4 Å². The minimum atomic E-state index is -0.576. The first kappa shape index (κ1) is 10.9. The van der Waals surface area contributed by atoms with E-state index >= 15 is 0 Å². The summed E-state index contributed by atoms with van der Waals surface area (Å²) in [5, 5.41) is 10.3. The number of nitrogens with zero attached hydrogens (tertiary/aromatic N) is 2. The van der Waals surface area contributed by atoms with Gasteiger partial charge in [-0.15, -0.1) is 11.3 Å². The van der Waals surface area contributed by atoms with Gasteiger partial charge in [-0.2, -0.15) is 0 Å². The van der Waals surface area contributed by atoms with Crippen molar-refractivity contribution in [3.8, 4) is 10.7 Å². The Bertz CT molecular complexity index is 496. The minimum Gasteiger partial charge on any atom is -0.389 e. The molecule has 3 nitrogen and oxygen atoms in total. The maximum absolute atomic E-state index is 12.8. The van der Waals surface area contributed by atoms with Crippen molar-refractivity contribution in [2.24, 2.45) is 0 Å². The highest BCUT2D eigenvalue weighted by molar-refractivity contribution is 7.13. The van der Waals surface area contributed by atoms with Crippen LogP contribution in [0.4, 0.5) is 4.39 Å². The average molecular weight is 236 g/mol. The maximum Gasteiger partial charge on any atom is 0.169 e. The van der Waals surface area contributed by atoms with Crippen LogP contribution in [0.15, 0.2) is 35.7 Å². The van der Waals surface area contributed by atoms with Gasteiger partial charge in [0.15, 0.2) is 5.82 Å². The molecule has 0 aliphatic rings. The van der Waals surface area contributed by atoms with Crippen LogP contribution in [0.5, 0.6) is 0 Å². The maximum atomic E-state index is 12.8. The number of rotatable bonds is 3. The van der Waals surface area contributed by atoms with Crippen LogP contribution >= 0.6 is 11.3 Å². The highest BCUT2D eigenvalue weighted by Crippen LogP contribution is 2.25. The second kappa shape index (κ2) is 4.96. The lowest BCUT2D eigenvalue weighted by molar-refractivity contribution is 0.300. The van der Waals surface area contributed by atoms with E-state index < -0.39 is 12.4 Å². The fourth-order valence-electron chi connectivity index (χ4n) is 1.20. The van der Waals surface area contributed by atoms with Crippen molar-refractivity contribution in [2.45, 2.75) is 0 Å². The molecule has 0 amide bonds. The molecule has 0 aromatic carbocycles. The van der Waals surface area contributed by atoms with E-state index in [2.05, 4.69) is 9.97 Å². The van der Waals surface area contributed by atoms with Crippen molar-refractivity contribution in [1.82, 2.24) is 9.97 Å². The molecule has 5 heteroatoms. The lowest BCUT2D eigenvalue weighted by Crippen LogP contribution is -1.83. The molecule has 0 aliphatic heterocycles. The van der Waals surface area contributed by atoms with Gasteiger partial charge in [-0.1, -0.05) is 0 Å². The molecule has 0 saturated carbocycles. The average Bonchev–Trinajstić information content (AvgIpc) is 2.78. The zero-order valence-corrected chi connectivity index (χ0v) is 9.12. The number of aromatic nitrogens is 2. The molecule has 0 atom stereocenters. The molecule has 82 valence electrons. The largest absolute Gasteiger partial charge is 0.389 e. The summed E-state index contributed by atoms with van der Waals surface area (Å²) < 4.78 is 12.8. The van der Waals surface area contributed by atoms with E-state index in [1.54, 1.807) is 29.9 Å². The number of aliphatic hydroxyl groups is 1. The quantitative estimate of drug-likeness (QED) is 0.890. The molecular weight excluding hydrogens is 227 g/mol. The highest BCUT2D eigenvalue weighted by Gasteiger charge is 2.03. The standard InChI is InChI=1S/C11H9FN2OS/c12-9(6-15)4-8-5-10(16-7-8)11-13-2-1-3-14-11/h1-5,7,15H,6H2.